The van der Waals surface area contributed by atoms with Gasteiger partial charge in [0.15, 0.2) is 0 Å². The van der Waals surface area contributed by atoms with Gasteiger partial charge in [0.25, 0.3) is 0 Å². The zero-order valence-corrected chi connectivity index (χ0v) is 12.7. The normalized spacial score (nSPS) is 10.9. The summed E-state index contributed by atoms with van der Waals surface area (Å²) >= 11 is 9.31. The molecule has 104 valence electrons. The van der Waals surface area contributed by atoms with E-state index in [4.69, 9.17) is 22.2 Å². The number of nitrogens with zero attached hydrogens (tertiary/aromatic N) is 1. The number of halogens is 3. The van der Waals surface area contributed by atoms with E-state index in [-0.39, 0.29) is 12.4 Å². The van der Waals surface area contributed by atoms with Crippen LogP contribution in [-0.4, -0.2) is 6.21 Å². The Morgan fingerprint density at radius 3 is 2.80 bits per heavy atom. The molecule has 0 saturated carbocycles. The first kappa shape index (κ1) is 14.8. The molecule has 0 aromatic heterocycles. The number of hydrogen-bond donors (Lipinski definition) is 1. The zero-order chi connectivity index (χ0) is 14.5. The average molecular weight is 358 g/mol. The van der Waals surface area contributed by atoms with Gasteiger partial charge in [-0.1, -0.05) is 33.6 Å². The molecule has 0 unspecified atom stereocenters. The standard InChI is InChI=1S/C14H11BrClFN2O/c15-11-2-4-14(10(5-11)7-19-18)20-8-9-1-3-12(17)6-13(9)16/h1-7H,8,18H2. The van der Waals surface area contributed by atoms with Crippen LogP contribution in [0.1, 0.15) is 11.1 Å². The van der Waals surface area contributed by atoms with E-state index in [2.05, 4.69) is 21.0 Å². The summed E-state index contributed by atoms with van der Waals surface area (Å²) < 4.78 is 19.5. The molecule has 0 fully saturated rings. The van der Waals surface area contributed by atoms with E-state index in [1.54, 1.807) is 12.1 Å². The molecular weight excluding hydrogens is 347 g/mol. The molecule has 2 rings (SSSR count). The van der Waals surface area contributed by atoms with Gasteiger partial charge in [-0.05, 0) is 30.3 Å². The van der Waals surface area contributed by atoms with Crippen molar-refractivity contribution in [2.45, 2.75) is 6.61 Å². The van der Waals surface area contributed by atoms with Crippen LogP contribution in [0, 0.1) is 5.82 Å². The number of ether oxygens (including phenoxy) is 1. The van der Waals surface area contributed by atoms with Gasteiger partial charge in [0, 0.05) is 15.6 Å². The van der Waals surface area contributed by atoms with E-state index in [0.717, 1.165) is 10.0 Å². The van der Waals surface area contributed by atoms with E-state index in [9.17, 15) is 4.39 Å². The van der Waals surface area contributed by atoms with Crippen molar-refractivity contribution in [1.82, 2.24) is 0 Å². The Morgan fingerprint density at radius 1 is 1.30 bits per heavy atom. The van der Waals surface area contributed by atoms with Crippen molar-refractivity contribution in [2.75, 3.05) is 0 Å². The lowest BCUT2D eigenvalue weighted by Crippen LogP contribution is -2.00. The lowest BCUT2D eigenvalue weighted by Gasteiger charge is -2.10. The van der Waals surface area contributed by atoms with Crippen LogP contribution in [0.4, 0.5) is 4.39 Å². The van der Waals surface area contributed by atoms with Gasteiger partial charge in [-0.3, -0.25) is 0 Å². The van der Waals surface area contributed by atoms with Gasteiger partial charge < -0.3 is 10.6 Å². The predicted molar refractivity (Wildman–Crippen MR) is 81.7 cm³/mol. The van der Waals surface area contributed by atoms with E-state index in [1.165, 1.54) is 18.3 Å². The molecule has 3 nitrogen and oxygen atoms in total. The summed E-state index contributed by atoms with van der Waals surface area (Å²) in [4.78, 5) is 0. The minimum atomic E-state index is -0.377. The van der Waals surface area contributed by atoms with Crippen LogP contribution in [0.15, 0.2) is 46.0 Å². The van der Waals surface area contributed by atoms with Crippen LogP contribution in [0.25, 0.3) is 0 Å². The van der Waals surface area contributed by atoms with Crippen molar-refractivity contribution in [3.8, 4) is 5.75 Å². The number of hydrogen-bond acceptors (Lipinski definition) is 3. The highest BCUT2D eigenvalue weighted by Gasteiger charge is 2.06. The van der Waals surface area contributed by atoms with Gasteiger partial charge in [-0.2, -0.15) is 5.10 Å². The summed E-state index contributed by atoms with van der Waals surface area (Å²) in [6.07, 6.45) is 1.49. The van der Waals surface area contributed by atoms with Crippen molar-refractivity contribution >= 4 is 33.7 Å². The summed E-state index contributed by atoms with van der Waals surface area (Å²) in [6, 6.07) is 9.65. The fourth-order valence-electron chi connectivity index (χ4n) is 1.63. The highest BCUT2D eigenvalue weighted by molar-refractivity contribution is 9.10. The second-order valence-corrected chi connectivity index (χ2v) is 5.31. The van der Waals surface area contributed by atoms with Crippen molar-refractivity contribution in [2.24, 2.45) is 10.9 Å². The van der Waals surface area contributed by atoms with E-state index in [1.807, 2.05) is 12.1 Å². The summed E-state index contributed by atoms with van der Waals surface area (Å²) in [5.41, 5.74) is 1.44. The highest BCUT2D eigenvalue weighted by Crippen LogP contribution is 2.24. The Bertz CT molecular complexity index is 649. The fraction of sp³-hybridized carbons (Fsp3) is 0.0714. The quantitative estimate of drug-likeness (QED) is 0.508. The fourth-order valence-corrected chi connectivity index (χ4v) is 2.23. The number of nitrogens with two attached hydrogens (primary N) is 1. The van der Waals surface area contributed by atoms with E-state index >= 15 is 0 Å². The van der Waals surface area contributed by atoms with Crippen LogP contribution < -0.4 is 10.6 Å². The Kier molecular flexibility index (Phi) is 4.98. The smallest absolute Gasteiger partial charge is 0.128 e. The molecule has 0 aliphatic heterocycles. The number of benzene rings is 2. The van der Waals surface area contributed by atoms with Crippen LogP contribution in [0.2, 0.25) is 5.02 Å². The Morgan fingerprint density at radius 2 is 2.10 bits per heavy atom. The molecule has 0 saturated heterocycles. The van der Waals surface area contributed by atoms with Gasteiger partial charge in [-0.15, -0.1) is 0 Å². The molecule has 2 aromatic carbocycles. The average Bonchev–Trinajstić information content (AvgIpc) is 2.40. The Labute approximate surface area is 129 Å². The molecule has 0 aliphatic rings. The minimum Gasteiger partial charge on any atom is -0.488 e. The van der Waals surface area contributed by atoms with Crippen LogP contribution >= 0.6 is 27.5 Å². The summed E-state index contributed by atoms with van der Waals surface area (Å²) in [7, 11) is 0. The second-order valence-electron chi connectivity index (χ2n) is 3.98. The van der Waals surface area contributed by atoms with Crippen LogP contribution in [0.3, 0.4) is 0 Å². The monoisotopic (exact) mass is 356 g/mol. The van der Waals surface area contributed by atoms with Gasteiger partial charge >= 0.3 is 0 Å². The first-order valence-electron chi connectivity index (χ1n) is 5.69. The zero-order valence-electron chi connectivity index (χ0n) is 10.3. The summed E-state index contributed by atoms with van der Waals surface area (Å²) in [5.74, 6) is 5.40. The van der Waals surface area contributed by atoms with Crippen LogP contribution in [0.5, 0.6) is 5.75 Å². The Balaban J connectivity index is 2.18. The van der Waals surface area contributed by atoms with E-state index in [0.29, 0.717) is 16.3 Å². The second kappa shape index (κ2) is 6.72. The molecule has 2 aromatic rings. The Hall–Kier alpha value is -1.59. The summed E-state index contributed by atoms with van der Waals surface area (Å²) in [6.45, 7) is 0.228. The lowest BCUT2D eigenvalue weighted by atomic mass is 10.2. The molecule has 2 N–H and O–H groups in total. The number of hydrazone groups is 1. The molecule has 6 heteroatoms. The SMILES string of the molecule is NN=Cc1cc(Br)ccc1OCc1ccc(F)cc1Cl. The molecule has 0 spiro atoms. The molecule has 0 amide bonds. The minimum absolute atomic E-state index is 0.228. The topological polar surface area (TPSA) is 47.6 Å². The maximum absolute atomic E-state index is 13.0. The predicted octanol–water partition coefficient (Wildman–Crippen LogP) is 4.11. The largest absolute Gasteiger partial charge is 0.488 e. The van der Waals surface area contributed by atoms with Gasteiger partial charge in [0.05, 0.1) is 11.2 Å². The molecule has 0 atom stereocenters. The van der Waals surface area contributed by atoms with E-state index < -0.39 is 0 Å². The van der Waals surface area contributed by atoms with Crippen molar-refractivity contribution in [3.05, 3.63) is 62.8 Å². The third-order valence-corrected chi connectivity index (χ3v) is 3.43. The highest BCUT2D eigenvalue weighted by atomic mass is 79.9. The van der Waals surface area contributed by atoms with Gasteiger partial charge in [-0.25, -0.2) is 4.39 Å². The summed E-state index contributed by atoms with van der Waals surface area (Å²) in [5, 5.41) is 3.82. The van der Waals surface area contributed by atoms with Crippen molar-refractivity contribution in [1.29, 1.82) is 0 Å². The number of rotatable bonds is 4. The van der Waals surface area contributed by atoms with Crippen molar-refractivity contribution < 1.29 is 9.13 Å². The van der Waals surface area contributed by atoms with Gasteiger partial charge in [0.1, 0.15) is 18.2 Å². The van der Waals surface area contributed by atoms with Crippen LogP contribution in [-0.2, 0) is 6.61 Å². The molecule has 20 heavy (non-hydrogen) atoms. The molecule has 0 radical (unpaired) electrons. The third-order valence-electron chi connectivity index (χ3n) is 2.58. The lowest BCUT2D eigenvalue weighted by molar-refractivity contribution is 0.305. The third kappa shape index (κ3) is 3.71. The molecular formula is C14H11BrClFN2O. The molecule has 0 aliphatic carbocycles. The molecule has 0 heterocycles. The first-order valence-corrected chi connectivity index (χ1v) is 6.87. The maximum Gasteiger partial charge on any atom is 0.128 e. The van der Waals surface area contributed by atoms with Crippen molar-refractivity contribution in [3.63, 3.8) is 0 Å². The molecule has 0 bridgehead atoms. The van der Waals surface area contributed by atoms with Gasteiger partial charge in [0.2, 0.25) is 0 Å². The first-order chi connectivity index (χ1) is 9.60. The maximum atomic E-state index is 13.0.